The van der Waals surface area contributed by atoms with E-state index in [1.807, 2.05) is 6.07 Å². The largest absolute Gasteiger partial charge is 0.320 e. The molecule has 0 saturated heterocycles. The lowest BCUT2D eigenvalue weighted by atomic mass is 10.0. The van der Waals surface area contributed by atoms with Crippen LogP contribution in [-0.4, -0.2) is 0 Å². The first-order valence-electron chi connectivity index (χ1n) is 5.83. The summed E-state index contributed by atoms with van der Waals surface area (Å²) in [5.41, 5.74) is 7.47. The molecule has 96 valence electrons. The van der Waals surface area contributed by atoms with Crippen LogP contribution in [0.2, 0.25) is 0 Å². The van der Waals surface area contributed by atoms with Crippen LogP contribution in [0.25, 0.3) is 10.8 Å². The lowest BCUT2D eigenvalue weighted by Gasteiger charge is -2.11. The van der Waals surface area contributed by atoms with Gasteiger partial charge >= 0.3 is 0 Å². The lowest BCUT2D eigenvalue weighted by Crippen LogP contribution is -2.09. The van der Waals surface area contributed by atoms with Crippen LogP contribution >= 0.6 is 43.2 Å². The minimum atomic E-state index is -0.0654. The molecule has 0 spiro atoms. The van der Waals surface area contributed by atoms with Gasteiger partial charge in [-0.3, -0.25) is 0 Å². The molecule has 1 aromatic heterocycles. The molecule has 2 aromatic carbocycles. The summed E-state index contributed by atoms with van der Waals surface area (Å²) in [6, 6.07) is 16.7. The van der Waals surface area contributed by atoms with Crippen LogP contribution in [0.15, 0.2) is 56.8 Å². The van der Waals surface area contributed by atoms with Crippen molar-refractivity contribution >= 4 is 54.0 Å². The number of thiophene rings is 1. The van der Waals surface area contributed by atoms with Gasteiger partial charge in [0.2, 0.25) is 0 Å². The molecule has 0 saturated carbocycles. The highest BCUT2D eigenvalue weighted by Crippen LogP contribution is 2.31. The summed E-state index contributed by atoms with van der Waals surface area (Å²) in [6.07, 6.45) is 0. The van der Waals surface area contributed by atoms with Crippen molar-refractivity contribution in [2.45, 2.75) is 6.04 Å². The fourth-order valence-electron chi connectivity index (χ4n) is 2.09. The van der Waals surface area contributed by atoms with Gasteiger partial charge in [-0.1, -0.05) is 34.1 Å². The second-order valence-corrected chi connectivity index (χ2v) is 7.78. The molecule has 1 nitrogen and oxygen atoms in total. The summed E-state index contributed by atoms with van der Waals surface area (Å²) in [7, 11) is 0. The van der Waals surface area contributed by atoms with Gasteiger partial charge in [0.05, 0.1) is 9.83 Å². The number of halogens is 2. The molecule has 0 aliphatic rings. The van der Waals surface area contributed by atoms with E-state index < -0.39 is 0 Å². The van der Waals surface area contributed by atoms with Crippen molar-refractivity contribution in [3.8, 4) is 0 Å². The van der Waals surface area contributed by atoms with E-state index in [1.165, 1.54) is 15.6 Å². The Morgan fingerprint density at radius 2 is 1.63 bits per heavy atom. The standard InChI is InChI=1S/C15H11Br2NS/c16-12-4-3-9-7-11(2-1-10(9)8-12)15(18)13-5-6-14(17)19-13/h1-8,15H,18H2. The maximum atomic E-state index is 6.33. The van der Waals surface area contributed by atoms with Crippen LogP contribution in [0.4, 0.5) is 0 Å². The van der Waals surface area contributed by atoms with Gasteiger partial charge in [-0.05, 0) is 62.6 Å². The molecule has 0 amide bonds. The van der Waals surface area contributed by atoms with E-state index in [9.17, 15) is 0 Å². The van der Waals surface area contributed by atoms with E-state index >= 15 is 0 Å². The zero-order valence-corrected chi connectivity index (χ0v) is 13.9. The van der Waals surface area contributed by atoms with Crippen molar-refractivity contribution < 1.29 is 0 Å². The average molecular weight is 397 g/mol. The highest BCUT2D eigenvalue weighted by Gasteiger charge is 2.11. The van der Waals surface area contributed by atoms with Crippen LogP contribution < -0.4 is 5.73 Å². The van der Waals surface area contributed by atoms with E-state index in [2.05, 4.69) is 74.3 Å². The highest BCUT2D eigenvalue weighted by atomic mass is 79.9. The number of rotatable bonds is 2. The normalized spacial score (nSPS) is 12.8. The predicted octanol–water partition coefficient (Wildman–Crippen LogP) is 5.47. The molecular formula is C15H11Br2NS. The van der Waals surface area contributed by atoms with E-state index in [-0.39, 0.29) is 6.04 Å². The molecular weight excluding hydrogens is 386 g/mol. The topological polar surface area (TPSA) is 26.0 Å². The van der Waals surface area contributed by atoms with Crippen LogP contribution in [0.3, 0.4) is 0 Å². The summed E-state index contributed by atoms with van der Waals surface area (Å²) in [4.78, 5) is 1.17. The molecule has 3 rings (SSSR count). The first-order valence-corrected chi connectivity index (χ1v) is 8.24. The third kappa shape index (κ3) is 2.77. The average Bonchev–Trinajstić information content (AvgIpc) is 2.84. The summed E-state index contributed by atoms with van der Waals surface area (Å²) in [5.74, 6) is 0. The van der Waals surface area contributed by atoms with E-state index in [4.69, 9.17) is 5.73 Å². The molecule has 2 N–H and O–H groups in total. The van der Waals surface area contributed by atoms with Crippen LogP contribution in [0.5, 0.6) is 0 Å². The van der Waals surface area contributed by atoms with Gasteiger partial charge < -0.3 is 5.73 Å². The Morgan fingerprint density at radius 3 is 2.37 bits per heavy atom. The Labute approximate surface area is 132 Å². The molecule has 19 heavy (non-hydrogen) atoms. The molecule has 0 fully saturated rings. The van der Waals surface area contributed by atoms with Gasteiger partial charge in [-0.2, -0.15) is 0 Å². The molecule has 1 atom stereocenters. The Hall–Kier alpha value is -0.680. The lowest BCUT2D eigenvalue weighted by molar-refractivity contribution is 0.896. The Bertz CT molecular complexity index is 736. The molecule has 0 bridgehead atoms. The zero-order valence-electron chi connectivity index (χ0n) is 9.94. The molecule has 0 aliphatic heterocycles. The second-order valence-electron chi connectivity index (χ2n) is 4.37. The number of benzene rings is 2. The van der Waals surface area contributed by atoms with Crippen molar-refractivity contribution in [3.05, 3.63) is 67.2 Å². The maximum absolute atomic E-state index is 6.33. The predicted molar refractivity (Wildman–Crippen MR) is 89.7 cm³/mol. The third-order valence-corrected chi connectivity index (χ3v) is 5.29. The Morgan fingerprint density at radius 1 is 0.895 bits per heavy atom. The van der Waals surface area contributed by atoms with Gasteiger partial charge in [-0.25, -0.2) is 0 Å². The Kier molecular flexibility index (Phi) is 3.76. The first-order chi connectivity index (χ1) is 9.13. The van der Waals surface area contributed by atoms with Crippen molar-refractivity contribution in [1.82, 2.24) is 0 Å². The molecule has 1 unspecified atom stereocenters. The summed E-state index contributed by atoms with van der Waals surface area (Å²) >= 11 is 8.65. The smallest absolute Gasteiger partial charge is 0.0702 e. The third-order valence-electron chi connectivity index (χ3n) is 3.09. The molecule has 1 heterocycles. The van der Waals surface area contributed by atoms with Gasteiger partial charge in [0.15, 0.2) is 0 Å². The number of hydrogen-bond donors (Lipinski definition) is 1. The monoisotopic (exact) mass is 395 g/mol. The van der Waals surface area contributed by atoms with Crippen molar-refractivity contribution in [2.24, 2.45) is 5.73 Å². The number of nitrogens with two attached hydrogens (primary N) is 1. The van der Waals surface area contributed by atoms with Gasteiger partial charge in [0, 0.05) is 9.35 Å². The molecule has 4 heteroatoms. The molecule has 0 radical (unpaired) electrons. The van der Waals surface area contributed by atoms with Gasteiger partial charge in [0.1, 0.15) is 0 Å². The minimum Gasteiger partial charge on any atom is -0.320 e. The number of fused-ring (bicyclic) bond motifs is 1. The van der Waals surface area contributed by atoms with Crippen molar-refractivity contribution in [1.29, 1.82) is 0 Å². The first kappa shape index (κ1) is 13.3. The Balaban J connectivity index is 2.03. The minimum absolute atomic E-state index is 0.0654. The fraction of sp³-hybridized carbons (Fsp3) is 0.0667. The molecule has 3 aromatic rings. The van der Waals surface area contributed by atoms with Crippen LogP contribution in [-0.2, 0) is 0 Å². The van der Waals surface area contributed by atoms with Crippen molar-refractivity contribution in [2.75, 3.05) is 0 Å². The second kappa shape index (κ2) is 5.37. The summed E-state index contributed by atoms with van der Waals surface area (Å²) < 4.78 is 2.21. The van der Waals surface area contributed by atoms with Gasteiger partial charge in [-0.15, -0.1) is 11.3 Å². The number of hydrogen-bond acceptors (Lipinski definition) is 2. The van der Waals surface area contributed by atoms with Crippen molar-refractivity contribution in [3.63, 3.8) is 0 Å². The summed E-state index contributed by atoms with van der Waals surface area (Å²) in [6.45, 7) is 0. The highest BCUT2D eigenvalue weighted by molar-refractivity contribution is 9.11. The van der Waals surface area contributed by atoms with E-state index in [1.54, 1.807) is 11.3 Å². The fourth-order valence-corrected chi connectivity index (χ4v) is 3.92. The zero-order chi connectivity index (χ0) is 13.4. The maximum Gasteiger partial charge on any atom is 0.0702 e. The van der Waals surface area contributed by atoms with Crippen LogP contribution in [0.1, 0.15) is 16.5 Å². The van der Waals surface area contributed by atoms with Crippen LogP contribution in [0, 0.1) is 0 Å². The summed E-state index contributed by atoms with van der Waals surface area (Å²) in [5, 5.41) is 2.43. The van der Waals surface area contributed by atoms with E-state index in [0.29, 0.717) is 0 Å². The SMILES string of the molecule is NC(c1ccc2cc(Br)ccc2c1)c1ccc(Br)s1. The van der Waals surface area contributed by atoms with E-state index in [0.717, 1.165) is 13.8 Å². The molecule has 0 aliphatic carbocycles. The van der Waals surface area contributed by atoms with Gasteiger partial charge in [0.25, 0.3) is 0 Å². The quantitative estimate of drug-likeness (QED) is 0.610.